The maximum atomic E-state index is 13.1. The van der Waals surface area contributed by atoms with Gasteiger partial charge in [0.2, 0.25) is 5.78 Å². The fourth-order valence-electron chi connectivity index (χ4n) is 4.25. The molecule has 1 aliphatic rings. The van der Waals surface area contributed by atoms with Crippen molar-refractivity contribution in [1.29, 1.82) is 0 Å². The molecular weight excluding hydrogens is 408 g/mol. The molecule has 0 aliphatic heterocycles. The summed E-state index contributed by atoms with van der Waals surface area (Å²) < 4.78 is 5.60. The zero-order valence-electron chi connectivity index (χ0n) is 18.6. The molecule has 1 N–H and O–H groups in total. The minimum atomic E-state index is -0.607. The number of alkyl carbamates (subject to hydrolysis) is 1. The highest BCUT2D eigenvalue weighted by atomic mass is 32.1. The van der Waals surface area contributed by atoms with Gasteiger partial charge in [0.05, 0.1) is 11.7 Å². The van der Waals surface area contributed by atoms with Crippen molar-refractivity contribution in [3.63, 3.8) is 0 Å². The van der Waals surface area contributed by atoms with Crippen molar-refractivity contribution >= 4 is 23.2 Å². The van der Waals surface area contributed by atoms with Crippen LogP contribution in [0.2, 0.25) is 0 Å². The summed E-state index contributed by atoms with van der Waals surface area (Å²) in [6, 6.07) is 9.19. The average molecular weight is 443 g/mol. The molecule has 6 heteroatoms. The van der Waals surface area contributed by atoms with Crippen molar-refractivity contribution in [1.82, 2.24) is 10.3 Å². The summed E-state index contributed by atoms with van der Waals surface area (Å²) in [7, 11) is 0. The van der Waals surface area contributed by atoms with Gasteiger partial charge in [-0.1, -0.05) is 82.2 Å². The number of hydrogen-bond donors (Lipinski definition) is 1. The van der Waals surface area contributed by atoms with E-state index in [9.17, 15) is 9.59 Å². The molecular formula is C25H34N2O3S. The van der Waals surface area contributed by atoms with Crippen LogP contribution in [0.5, 0.6) is 0 Å². The van der Waals surface area contributed by atoms with Crippen LogP contribution in [0.1, 0.15) is 81.4 Å². The number of ketones is 1. The van der Waals surface area contributed by atoms with Crippen molar-refractivity contribution in [3.8, 4) is 11.3 Å². The first-order valence-corrected chi connectivity index (χ1v) is 12.5. The van der Waals surface area contributed by atoms with E-state index < -0.39 is 12.1 Å². The Kier molecular flexibility index (Phi) is 9.07. The Hall–Kier alpha value is -2.21. The molecule has 1 fully saturated rings. The van der Waals surface area contributed by atoms with Crippen LogP contribution >= 0.6 is 11.3 Å². The van der Waals surface area contributed by atoms with Crippen LogP contribution < -0.4 is 5.32 Å². The van der Waals surface area contributed by atoms with Gasteiger partial charge in [-0.25, -0.2) is 9.78 Å². The number of thiazole rings is 1. The molecule has 1 saturated carbocycles. The van der Waals surface area contributed by atoms with E-state index in [1.165, 1.54) is 43.4 Å². The minimum absolute atomic E-state index is 0.141. The number of unbranched alkanes of at least 4 members (excludes halogenated alkanes) is 1. The molecule has 1 amide bonds. The number of hydrogen-bond acceptors (Lipinski definition) is 5. The van der Waals surface area contributed by atoms with Crippen LogP contribution in [0.15, 0.2) is 35.7 Å². The fourth-order valence-corrected chi connectivity index (χ4v) is 5.08. The second-order valence-electron chi connectivity index (χ2n) is 8.56. The number of aromatic nitrogens is 1. The van der Waals surface area contributed by atoms with Gasteiger partial charge in [0.1, 0.15) is 6.10 Å². The molecule has 3 rings (SSSR count). The lowest BCUT2D eigenvalue weighted by Crippen LogP contribution is -2.42. The van der Waals surface area contributed by atoms with Crippen LogP contribution in [0, 0.1) is 5.92 Å². The first kappa shape index (κ1) is 23.5. The first-order chi connectivity index (χ1) is 15.1. The van der Waals surface area contributed by atoms with Crippen LogP contribution in [0.25, 0.3) is 11.3 Å². The van der Waals surface area contributed by atoms with Crippen molar-refractivity contribution in [2.45, 2.75) is 83.8 Å². The van der Waals surface area contributed by atoms with E-state index in [0.29, 0.717) is 17.3 Å². The molecule has 168 valence electrons. The van der Waals surface area contributed by atoms with Gasteiger partial charge >= 0.3 is 6.09 Å². The number of carbonyl (C=O) groups is 2. The topological polar surface area (TPSA) is 68.3 Å². The SMILES string of the molecule is CCCC[C@H](NC(=O)O[C@@H](C)CC1CCCCC1)C(=O)c1nc(-c2ccccc2)cs1. The van der Waals surface area contributed by atoms with Crippen LogP contribution in [0.3, 0.4) is 0 Å². The molecule has 0 bridgehead atoms. The molecule has 31 heavy (non-hydrogen) atoms. The summed E-state index contributed by atoms with van der Waals surface area (Å²) in [6.45, 7) is 4.02. The third-order valence-corrected chi connectivity index (χ3v) is 6.79. The Morgan fingerprint density at radius 1 is 1.19 bits per heavy atom. The number of amides is 1. The molecule has 0 spiro atoms. The molecule has 2 atom stereocenters. The van der Waals surface area contributed by atoms with Crippen LogP contribution in [-0.4, -0.2) is 29.0 Å². The van der Waals surface area contributed by atoms with E-state index in [-0.39, 0.29) is 11.9 Å². The predicted molar refractivity (Wildman–Crippen MR) is 125 cm³/mol. The van der Waals surface area contributed by atoms with Gasteiger partial charge in [0.25, 0.3) is 0 Å². The molecule has 1 aliphatic carbocycles. The first-order valence-electron chi connectivity index (χ1n) is 11.6. The van der Waals surface area contributed by atoms with Gasteiger partial charge in [-0.05, 0) is 25.7 Å². The molecule has 0 saturated heterocycles. The van der Waals surface area contributed by atoms with Gasteiger partial charge < -0.3 is 10.1 Å². The fraction of sp³-hybridized carbons (Fsp3) is 0.560. The lowest BCUT2D eigenvalue weighted by atomic mass is 9.86. The zero-order valence-corrected chi connectivity index (χ0v) is 19.5. The van der Waals surface area contributed by atoms with E-state index in [0.717, 1.165) is 30.5 Å². The summed E-state index contributed by atoms with van der Waals surface area (Å²) in [4.78, 5) is 30.2. The standard InChI is InChI=1S/C25H34N2O3S/c1-3-4-15-21(27-25(29)30-18(2)16-19-11-7-5-8-12-19)23(28)24-26-22(17-31-24)20-13-9-6-10-14-20/h6,9-10,13-14,17-19,21H,3-5,7-8,11-12,15-16H2,1-2H3,(H,27,29)/t18-,21-/m0/s1. The zero-order chi connectivity index (χ0) is 22.1. The highest BCUT2D eigenvalue weighted by Crippen LogP contribution is 2.28. The van der Waals surface area contributed by atoms with Crippen molar-refractivity contribution in [2.24, 2.45) is 5.92 Å². The van der Waals surface area contributed by atoms with Gasteiger partial charge in [0.15, 0.2) is 5.01 Å². The van der Waals surface area contributed by atoms with Crippen molar-refractivity contribution in [3.05, 3.63) is 40.7 Å². The molecule has 5 nitrogen and oxygen atoms in total. The molecule has 1 heterocycles. The van der Waals surface area contributed by atoms with E-state index in [1.807, 2.05) is 42.6 Å². The summed E-state index contributed by atoms with van der Waals surface area (Å²) in [5.74, 6) is 0.498. The number of carbonyl (C=O) groups excluding carboxylic acids is 2. The van der Waals surface area contributed by atoms with E-state index in [1.54, 1.807) is 0 Å². The maximum absolute atomic E-state index is 13.1. The number of rotatable bonds is 10. The number of ether oxygens (including phenoxy) is 1. The Labute approximate surface area is 189 Å². The summed E-state index contributed by atoms with van der Waals surface area (Å²) in [5, 5.41) is 5.14. The molecule has 0 unspecified atom stereocenters. The largest absolute Gasteiger partial charge is 0.447 e. The van der Waals surface area contributed by atoms with Gasteiger partial charge in [-0.2, -0.15) is 0 Å². The molecule has 1 aromatic carbocycles. The van der Waals surface area contributed by atoms with Crippen molar-refractivity contribution in [2.75, 3.05) is 0 Å². The maximum Gasteiger partial charge on any atom is 0.407 e. The van der Waals surface area contributed by atoms with Gasteiger partial charge in [-0.15, -0.1) is 11.3 Å². The lowest BCUT2D eigenvalue weighted by molar-refractivity contribution is 0.0777. The minimum Gasteiger partial charge on any atom is -0.447 e. The number of nitrogens with zero attached hydrogens (tertiary/aromatic N) is 1. The second-order valence-corrected chi connectivity index (χ2v) is 9.42. The number of Topliss-reactive ketones (excluding diaryl/α,β-unsaturated/α-hetero) is 1. The number of benzene rings is 1. The Balaban J connectivity index is 1.59. The van der Waals surface area contributed by atoms with E-state index in [4.69, 9.17) is 4.74 Å². The smallest absolute Gasteiger partial charge is 0.407 e. The quantitative estimate of drug-likeness (QED) is 0.419. The third-order valence-electron chi connectivity index (χ3n) is 5.94. The van der Waals surface area contributed by atoms with E-state index in [2.05, 4.69) is 17.2 Å². The lowest BCUT2D eigenvalue weighted by Gasteiger charge is -2.25. The monoisotopic (exact) mass is 442 g/mol. The average Bonchev–Trinajstić information content (AvgIpc) is 3.27. The Bertz CT molecular complexity index is 830. The highest BCUT2D eigenvalue weighted by molar-refractivity contribution is 7.12. The molecule has 0 radical (unpaired) electrons. The van der Waals surface area contributed by atoms with Gasteiger partial charge in [0, 0.05) is 10.9 Å². The third kappa shape index (κ3) is 7.17. The second kappa shape index (κ2) is 12.0. The summed E-state index contributed by atoms with van der Waals surface area (Å²) in [5.41, 5.74) is 1.76. The van der Waals surface area contributed by atoms with E-state index >= 15 is 0 Å². The normalized spacial score (nSPS) is 16.5. The van der Waals surface area contributed by atoms with Crippen molar-refractivity contribution < 1.29 is 14.3 Å². The Morgan fingerprint density at radius 2 is 1.94 bits per heavy atom. The Morgan fingerprint density at radius 3 is 2.65 bits per heavy atom. The van der Waals surface area contributed by atoms with Gasteiger partial charge in [-0.3, -0.25) is 4.79 Å². The van der Waals surface area contributed by atoms with Crippen LogP contribution in [0.4, 0.5) is 4.79 Å². The molecule has 2 aromatic rings. The highest BCUT2D eigenvalue weighted by Gasteiger charge is 2.26. The summed E-state index contributed by atoms with van der Waals surface area (Å²) >= 11 is 1.33. The predicted octanol–water partition coefficient (Wildman–Crippen LogP) is 6.64. The summed E-state index contributed by atoms with van der Waals surface area (Å²) in [6.07, 6.45) is 8.95. The van der Waals surface area contributed by atoms with Crippen LogP contribution in [-0.2, 0) is 4.74 Å². The number of nitrogens with one attached hydrogen (secondary N) is 1. The molecule has 1 aromatic heterocycles.